The van der Waals surface area contributed by atoms with Crippen molar-refractivity contribution in [3.8, 4) is 5.75 Å². The molecule has 3 rings (SSSR count). The lowest BCUT2D eigenvalue weighted by molar-refractivity contribution is -0.0163. The van der Waals surface area contributed by atoms with E-state index in [9.17, 15) is 14.3 Å². The number of aryl methyl sites for hydroxylation is 1. The lowest BCUT2D eigenvalue weighted by Crippen LogP contribution is -2.38. The van der Waals surface area contributed by atoms with Crippen LogP contribution in [0.4, 0.5) is 4.39 Å². The monoisotopic (exact) mass is 358 g/mol. The van der Waals surface area contributed by atoms with Gasteiger partial charge >= 0.3 is 0 Å². The highest BCUT2D eigenvalue weighted by molar-refractivity contribution is 5.92. The van der Waals surface area contributed by atoms with Gasteiger partial charge in [0.25, 0.3) is 5.91 Å². The number of aromatic nitrogens is 1. The normalized spacial score (nSPS) is 20.5. The van der Waals surface area contributed by atoms with Crippen molar-refractivity contribution in [2.75, 3.05) is 19.7 Å². The Morgan fingerprint density at radius 3 is 2.73 bits per heavy atom. The molecule has 0 bridgehead atoms. The third-order valence-electron chi connectivity index (χ3n) is 4.63. The summed E-state index contributed by atoms with van der Waals surface area (Å²) in [5, 5.41) is 10.8. The van der Waals surface area contributed by atoms with Gasteiger partial charge in [0.05, 0.1) is 0 Å². The molecule has 0 spiro atoms. The topological polar surface area (TPSA) is 62.7 Å². The molecule has 2 heterocycles. The van der Waals surface area contributed by atoms with Crippen LogP contribution >= 0.6 is 0 Å². The second-order valence-electron chi connectivity index (χ2n) is 6.78. The third-order valence-corrected chi connectivity index (χ3v) is 4.63. The Kier molecular flexibility index (Phi) is 5.52. The van der Waals surface area contributed by atoms with Crippen molar-refractivity contribution in [1.29, 1.82) is 0 Å². The highest BCUT2D eigenvalue weighted by Crippen LogP contribution is 2.25. The fraction of sp³-hybridized carbons (Fsp3) is 0.400. The van der Waals surface area contributed by atoms with Crippen LogP contribution in [0.5, 0.6) is 5.75 Å². The van der Waals surface area contributed by atoms with E-state index in [-0.39, 0.29) is 18.3 Å². The highest BCUT2D eigenvalue weighted by Gasteiger charge is 2.33. The first-order chi connectivity index (χ1) is 12.5. The van der Waals surface area contributed by atoms with Gasteiger partial charge in [-0.1, -0.05) is 6.07 Å². The number of benzene rings is 1. The number of carbonyl (C=O) groups is 1. The summed E-state index contributed by atoms with van der Waals surface area (Å²) in [4.78, 5) is 18.7. The summed E-state index contributed by atoms with van der Waals surface area (Å²) < 4.78 is 18.6. The molecule has 1 aromatic carbocycles. The number of carbonyl (C=O) groups excluding carboxylic acids is 1. The number of rotatable bonds is 4. The van der Waals surface area contributed by atoms with Crippen molar-refractivity contribution in [3.63, 3.8) is 0 Å². The number of ether oxygens (including phenoxy) is 1. The van der Waals surface area contributed by atoms with E-state index in [1.54, 1.807) is 11.0 Å². The molecular formula is C20H23FN2O3. The average molecular weight is 358 g/mol. The molecule has 1 saturated heterocycles. The van der Waals surface area contributed by atoms with E-state index >= 15 is 0 Å². The van der Waals surface area contributed by atoms with E-state index < -0.39 is 5.60 Å². The number of pyridine rings is 1. The van der Waals surface area contributed by atoms with Crippen LogP contribution in [-0.2, 0) is 0 Å². The molecule has 138 valence electrons. The minimum atomic E-state index is -1.01. The van der Waals surface area contributed by atoms with Gasteiger partial charge in [-0.25, -0.2) is 9.37 Å². The van der Waals surface area contributed by atoms with E-state index in [1.165, 1.54) is 24.3 Å². The summed E-state index contributed by atoms with van der Waals surface area (Å²) in [6.45, 7) is 2.99. The van der Waals surface area contributed by atoms with E-state index in [0.717, 1.165) is 5.69 Å². The summed E-state index contributed by atoms with van der Waals surface area (Å²) >= 11 is 0. The van der Waals surface area contributed by atoms with Crippen molar-refractivity contribution in [3.05, 3.63) is 59.7 Å². The number of amides is 1. The van der Waals surface area contributed by atoms with Crippen LogP contribution in [-0.4, -0.2) is 46.2 Å². The Morgan fingerprint density at radius 1 is 1.23 bits per heavy atom. The first kappa shape index (κ1) is 18.3. The van der Waals surface area contributed by atoms with Gasteiger partial charge in [-0.15, -0.1) is 0 Å². The van der Waals surface area contributed by atoms with Gasteiger partial charge in [-0.05, 0) is 62.6 Å². The minimum Gasteiger partial charge on any atom is -0.491 e. The second kappa shape index (κ2) is 7.83. The number of nitrogens with zero attached hydrogens (tertiary/aromatic N) is 2. The van der Waals surface area contributed by atoms with Gasteiger partial charge in [0.2, 0.25) is 0 Å². The zero-order valence-corrected chi connectivity index (χ0v) is 14.8. The Morgan fingerprint density at radius 2 is 2.00 bits per heavy atom. The summed E-state index contributed by atoms with van der Waals surface area (Å²) in [7, 11) is 0. The summed E-state index contributed by atoms with van der Waals surface area (Å²) in [6, 6.07) is 11.1. The number of hydrogen-bond donors (Lipinski definition) is 1. The van der Waals surface area contributed by atoms with Crippen LogP contribution in [0.1, 0.15) is 35.4 Å². The predicted octanol–water partition coefficient (Wildman–Crippen LogP) is 2.97. The quantitative estimate of drug-likeness (QED) is 0.913. The lowest BCUT2D eigenvalue weighted by Gasteiger charge is -2.27. The molecule has 1 N–H and O–H groups in total. The molecule has 6 heteroatoms. The van der Waals surface area contributed by atoms with Gasteiger partial charge in [-0.3, -0.25) is 4.79 Å². The highest BCUT2D eigenvalue weighted by atomic mass is 19.1. The Bertz CT molecular complexity index is 766. The zero-order valence-electron chi connectivity index (χ0n) is 14.8. The van der Waals surface area contributed by atoms with Gasteiger partial charge < -0.3 is 14.7 Å². The third kappa shape index (κ3) is 4.58. The molecule has 26 heavy (non-hydrogen) atoms. The van der Waals surface area contributed by atoms with Gasteiger partial charge in [0, 0.05) is 18.8 Å². The lowest BCUT2D eigenvalue weighted by atomic mass is 9.96. The molecule has 0 aliphatic carbocycles. The first-order valence-electron chi connectivity index (χ1n) is 8.79. The summed E-state index contributed by atoms with van der Waals surface area (Å²) in [5.41, 5.74) is 0.219. The van der Waals surface area contributed by atoms with Crippen molar-refractivity contribution in [1.82, 2.24) is 9.88 Å². The van der Waals surface area contributed by atoms with E-state index in [0.29, 0.717) is 43.8 Å². The van der Waals surface area contributed by atoms with Crippen LogP contribution in [0.3, 0.4) is 0 Å². The van der Waals surface area contributed by atoms with Gasteiger partial charge in [-0.2, -0.15) is 0 Å². The van der Waals surface area contributed by atoms with Crippen molar-refractivity contribution < 1.29 is 19.0 Å². The fourth-order valence-corrected chi connectivity index (χ4v) is 3.10. The standard InChI is InChI=1S/C20H23FN2O3/c1-15-4-2-5-18(22-15)19(24)23-12-3-10-20(25,11-13-23)14-26-17-8-6-16(21)7-9-17/h2,4-9,25H,3,10-14H2,1H3. The number of aliphatic hydroxyl groups is 1. The van der Waals surface area contributed by atoms with E-state index in [2.05, 4.69) is 4.98 Å². The van der Waals surface area contributed by atoms with E-state index in [1.807, 2.05) is 19.1 Å². The van der Waals surface area contributed by atoms with Crippen LogP contribution < -0.4 is 4.74 Å². The molecule has 1 atom stereocenters. The molecule has 1 fully saturated rings. The van der Waals surface area contributed by atoms with Crippen LogP contribution in [0.25, 0.3) is 0 Å². The Labute approximate surface area is 152 Å². The summed E-state index contributed by atoms with van der Waals surface area (Å²) in [5.74, 6) is 0.0720. The summed E-state index contributed by atoms with van der Waals surface area (Å²) in [6.07, 6.45) is 1.64. The molecule has 1 unspecified atom stereocenters. The van der Waals surface area contributed by atoms with Crippen molar-refractivity contribution >= 4 is 5.91 Å². The maximum atomic E-state index is 12.9. The SMILES string of the molecule is Cc1cccc(C(=O)N2CCCC(O)(COc3ccc(F)cc3)CC2)n1. The van der Waals surface area contributed by atoms with Crippen molar-refractivity contribution in [2.45, 2.75) is 31.8 Å². The minimum absolute atomic E-state index is 0.114. The molecule has 1 amide bonds. The van der Waals surface area contributed by atoms with Crippen LogP contribution in [0, 0.1) is 12.7 Å². The molecular weight excluding hydrogens is 335 g/mol. The maximum absolute atomic E-state index is 12.9. The van der Waals surface area contributed by atoms with Crippen LogP contribution in [0.2, 0.25) is 0 Å². The van der Waals surface area contributed by atoms with Gasteiger partial charge in [0.15, 0.2) is 0 Å². The molecule has 1 aliphatic heterocycles. The Balaban J connectivity index is 1.59. The fourth-order valence-electron chi connectivity index (χ4n) is 3.10. The molecule has 0 radical (unpaired) electrons. The number of halogens is 1. The zero-order chi connectivity index (χ0) is 18.6. The molecule has 1 aliphatic rings. The number of likely N-dealkylation sites (tertiary alicyclic amines) is 1. The Hall–Kier alpha value is -2.47. The number of hydrogen-bond acceptors (Lipinski definition) is 4. The molecule has 1 aromatic heterocycles. The molecule has 5 nitrogen and oxygen atoms in total. The van der Waals surface area contributed by atoms with Crippen LogP contribution in [0.15, 0.2) is 42.5 Å². The largest absolute Gasteiger partial charge is 0.491 e. The average Bonchev–Trinajstić information content (AvgIpc) is 2.83. The second-order valence-corrected chi connectivity index (χ2v) is 6.78. The molecule has 0 saturated carbocycles. The smallest absolute Gasteiger partial charge is 0.272 e. The first-order valence-corrected chi connectivity index (χ1v) is 8.79. The molecule has 2 aromatic rings. The van der Waals surface area contributed by atoms with Crippen molar-refractivity contribution in [2.24, 2.45) is 0 Å². The van der Waals surface area contributed by atoms with Gasteiger partial charge in [0.1, 0.15) is 29.5 Å². The maximum Gasteiger partial charge on any atom is 0.272 e. The predicted molar refractivity (Wildman–Crippen MR) is 95.6 cm³/mol. The van der Waals surface area contributed by atoms with E-state index in [4.69, 9.17) is 4.74 Å².